The number of nitrogens with one attached hydrogen (secondary N) is 2. The Morgan fingerprint density at radius 3 is 2.14 bits per heavy atom. The van der Waals surface area contributed by atoms with E-state index >= 15 is 0 Å². The maximum absolute atomic E-state index is 12.6. The highest BCUT2D eigenvalue weighted by molar-refractivity contribution is 7.80. The van der Waals surface area contributed by atoms with Gasteiger partial charge in [-0.2, -0.15) is 12.6 Å². The van der Waals surface area contributed by atoms with Crippen LogP contribution in [0.15, 0.2) is 0 Å². The molecule has 0 heterocycles. The van der Waals surface area contributed by atoms with E-state index < -0.39 is 72.8 Å². The highest BCUT2D eigenvalue weighted by Gasteiger charge is 2.35. The largest absolute Gasteiger partial charge is 0.480 e. The molecular formula is C16H24N2O9S. The van der Waals surface area contributed by atoms with Crippen molar-refractivity contribution in [3.63, 3.8) is 0 Å². The van der Waals surface area contributed by atoms with Gasteiger partial charge in [0.15, 0.2) is 0 Å². The summed E-state index contributed by atoms with van der Waals surface area (Å²) in [6.45, 7) is 1.87. The Hall–Kier alpha value is -2.63. The van der Waals surface area contributed by atoms with E-state index in [1.165, 1.54) is 6.92 Å². The van der Waals surface area contributed by atoms with E-state index in [-0.39, 0.29) is 12.4 Å². The van der Waals surface area contributed by atoms with Crippen LogP contribution < -0.4 is 10.6 Å². The fourth-order valence-corrected chi connectivity index (χ4v) is 2.53. The zero-order valence-electron chi connectivity index (χ0n) is 15.5. The predicted molar refractivity (Wildman–Crippen MR) is 97.6 cm³/mol. The highest BCUT2D eigenvalue weighted by atomic mass is 32.1. The Balaban J connectivity index is 5.36. The average molecular weight is 420 g/mol. The van der Waals surface area contributed by atoms with Crippen LogP contribution >= 0.6 is 12.6 Å². The van der Waals surface area contributed by atoms with Gasteiger partial charge in [0.25, 0.3) is 0 Å². The third kappa shape index (κ3) is 9.35. The van der Waals surface area contributed by atoms with Crippen LogP contribution in [0.4, 0.5) is 0 Å². The molecule has 0 aliphatic heterocycles. The molecule has 0 aromatic rings. The van der Waals surface area contributed by atoms with Gasteiger partial charge in [0.2, 0.25) is 11.8 Å². The molecule has 0 bridgehead atoms. The number of carboxylic acids is 2. The van der Waals surface area contributed by atoms with Crippen molar-refractivity contribution in [1.82, 2.24) is 10.6 Å². The van der Waals surface area contributed by atoms with Crippen LogP contribution in [-0.4, -0.2) is 70.7 Å². The zero-order chi connectivity index (χ0) is 21.9. The summed E-state index contributed by atoms with van der Waals surface area (Å²) in [4.78, 5) is 69.7. The van der Waals surface area contributed by atoms with Crippen molar-refractivity contribution in [3.05, 3.63) is 0 Å². The summed E-state index contributed by atoms with van der Waals surface area (Å²) in [6, 6.07) is -1.51. The van der Waals surface area contributed by atoms with E-state index in [1.54, 1.807) is 0 Å². The molecule has 0 aliphatic rings. The van der Waals surface area contributed by atoms with Gasteiger partial charge in [-0.15, -0.1) is 0 Å². The summed E-state index contributed by atoms with van der Waals surface area (Å²) >= 11 is 3.96. The molecular weight excluding hydrogens is 396 g/mol. The summed E-state index contributed by atoms with van der Waals surface area (Å²) in [6.07, 6.45) is -1.03. The van der Waals surface area contributed by atoms with Crippen LogP contribution in [0.1, 0.15) is 26.7 Å². The van der Waals surface area contributed by atoms with Gasteiger partial charge in [0, 0.05) is 19.1 Å². The van der Waals surface area contributed by atoms with Gasteiger partial charge in [-0.05, 0) is 13.3 Å². The van der Waals surface area contributed by atoms with E-state index in [2.05, 4.69) is 23.3 Å². The van der Waals surface area contributed by atoms with Crippen molar-refractivity contribution in [2.24, 2.45) is 11.8 Å². The maximum Gasteiger partial charge on any atom is 0.326 e. The van der Waals surface area contributed by atoms with E-state index in [9.17, 15) is 33.9 Å². The number of hydrogen-bond acceptors (Lipinski definition) is 8. The molecule has 3 atom stereocenters. The summed E-state index contributed by atoms with van der Waals surface area (Å²) < 4.78 is 4.80. The summed E-state index contributed by atoms with van der Waals surface area (Å²) in [5.41, 5.74) is 0. The highest BCUT2D eigenvalue weighted by Crippen LogP contribution is 2.18. The van der Waals surface area contributed by atoms with Crippen molar-refractivity contribution >= 4 is 48.1 Å². The smallest absolute Gasteiger partial charge is 0.326 e. The number of esters is 1. The van der Waals surface area contributed by atoms with Crippen molar-refractivity contribution in [1.29, 1.82) is 0 Å². The molecule has 11 nitrogen and oxygen atoms in total. The number of carbonyl (C=O) groups is 6. The molecule has 0 fully saturated rings. The molecule has 1 unspecified atom stereocenters. The number of thiol groups is 1. The van der Waals surface area contributed by atoms with Gasteiger partial charge in [-0.3, -0.25) is 24.0 Å². The van der Waals surface area contributed by atoms with Crippen molar-refractivity contribution in [2.75, 3.05) is 18.9 Å². The maximum atomic E-state index is 12.6. The number of aliphatic carboxylic acids is 2. The number of Topliss-reactive ketones (excluding diaryl/α,β-unsaturated/α-hetero) is 1. The minimum Gasteiger partial charge on any atom is -0.480 e. The van der Waals surface area contributed by atoms with Gasteiger partial charge in [0.05, 0.1) is 12.5 Å². The fourth-order valence-electron chi connectivity index (χ4n) is 2.24. The second-order valence-electron chi connectivity index (χ2n) is 5.79. The molecule has 28 heavy (non-hydrogen) atoms. The molecule has 2 amide bonds. The molecule has 0 radical (unpaired) electrons. The van der Waals surface area contributed by atoms with Gasteiger partial charge in [-0.25, -0.2) is 4.79 Å². The van der Waals surface area contributed by atoms with Crippen LogP contribution in [-0.2, 0) is 33.5 Å². The SMILES string of the molecule is CCOC(=O)C(C[C@@H](NC(C)=O)C(=O)O)C(=O)C[C@@H](CS)C(=O)NCC(=O)O. The van der Waals surface area contributed by atoms with E-state index in [0.29, 0.717) is 0 Å². The Kier molecular flexibility index (Phi) is 11.5. The standard InChI is InChI=1S/C16H24N2O9S/c1-3-27-16(26)10(5-11(15(24)25)18-8(2)19)12(20)4-9(7-28)14(23)17-6-13(21)22/h9-11,28H,3-7H2,1-2H3,(H,17,23)(H,18,19)(H,21,22)(H,24,25)/t9-,10?,11+/m0/s1. The molecule has 12 heteroatoms. The lowest BCUT2D eigenvalue weighted by Gasteiger charge is -2.21. The number of carboxylic acid groups (broad SMARTS) is 2. The lowest BCUT2D eigenvalue weighted by Crippen LogP contribution is -2.44. The third-order valence-corrected chi connectivity index (χ3v) is 4.00. The molecule has 0 aromatic carbocycles. The number of hydrogen-bond donors (Lipinski definition) is 5. The molecule has 0 aromatic heterocycles. The van der Waals surface area contributed by atoms with Crippen LogP contribution in [0, 0.1) is 11.8 Å². The number of amides is 2. The van der Waals surface area contributed by atoms with Crippen molar-refractivity contribution < 1.29 is 43.7 Å². The molecule has 0 saturated heterocycles. The number of ether oxygens (including phenoxy) is 1. The van der Waals surface area contributed by atoms with Crippen LogP contribution in [0.2, 0.25) is 0 Å². The summed E-state index contributed by atoms with van der Waals surface area (Å²) in [7, 11) is 0. The molecule has 0 aliphatic carbocycles. The first-order valence-electron chi connectivity index (χ1n) is 8.33. The first kappa shape index (κ1) is 25.4. The predicted octanol–water partition coefficient (Wildman–Crippen LogP) is -1.15. The van der Waals surface area contributed by atoms with Crippen LogP contribution in [0.3, 0.4) is 0 Å². The second kappa shape index (κ2) is 12.7. The zero-order valence-corrected chi connectivity index (χ0v) is 16.4. The molecule has 4 N–H and O–H groups in total. The van der Waals surface area contributed by atoms with Crippen molar-refractivity contribution in [2.45, 2.75) is 32.7 Å². The first-order chi connectivity index (χ1) is 13.0. The second-order valence-corrected chi connectivity index (χ2v) is 6.16. The minimum atomic E-state index is -1.53. The Labute approximate surface area is 166 Å². The molecule has 158 valence electrons. The summed E-state index contributed by atoms with van der Waals surface area (Å²) in [5, 5.41) is 22.0. The average Bonchev–Trinajstić information content (AvgIpc) is 2.60. The van der Waals surface area contributed by atoms with Gasteiger partial charge >= 0.3 is 17.9 Å². The Bertz CT molecular complexity index is 623. The summed E-state index contributed by atoms with van der Waals surface area (Å²) in [5.74, 6) is -8.55. The first-order valence-corrected chi connectivity index (χ1v) is 8.96. The van der Waals surface area contributed by atoms with Crippen molar-refractivity contribution in [3.8, 4) is 0 Å². The Morgan fingerprint density at radius 2 is 1.71 bits per heavy atom. The van der Waals surface area contributed by atoms with Gasteiger partial charge in [0.1, 0.15) is 24.3 Å². The van der Waals surface area contributed by atoms with E-state index in [1.807, 2.05) is 0 Å². The normalized spacial score (nSPS) is 13.5. The van der Waals surface area contributed by atoms with Crippen LogP contribution in [0.5, 0.6) is 0 Å². The minimum absolute atomic E-state index is 0.0599. The van der Waals surface area contributed by atoms with Gasteiger partial charge in [-0.1, -0.05) is 0 Å². The fraction of sp³-hybridized carbons (Fsp3) is 0.625. The lowest BCUT2D eigenvalue weighted by molar-refractivity contribution is -0.154. The topological polar surface area (TPSA) is 176 Å². The Morgan fingerprint density at radius 1 is 1.11 bits per heavy atom. The van der Waals surface area contributed by atoms with Gasteiger partial charge < -0.3 is 25.6 Å². The number of carbonyl (C=O) groups excluding carboxylic acids is 4. The molecule has 0 rings (SSSR count). The molecule has 0 spiro atoms. The number of ketones is 1. The van der Waals surface area contributed by atoms with Crippen LogP contribution in [0.25, 0.3) is 0 Å². The monoisotopic (exact) mass is 420 g/mol. The third-order valence-electron chi connectivity index (χ3n) is 3.56. The number of rotatable bonds is 13. The quantitative estimate of drug-likeness (QED) is 0.140. The molecule has 0 saturated carbocycles. The lowest BCUT2D eigenvalue weighted by atomic mass is 9.89. The van der Waals surface area contributed by atoms with E-state index in [0.717, 1.165) is 6.92 Å². The van der Waals surface area contributed by atoms with E-state index in [4.69, 9.17) is 9.84 Å².